The highest BCUT2D eigenvalue weighted by Gasteiger charge is 2.50. The molecule has 2 aliphatic rings. The third-order valence-corrected chi connectivity index (χ3v) is 15.4. The van der Waals surface area contributed by atoms with Gasteiger partial charge in [-0.05, 0) is 61.2 Å². The van der Waals surface area contributed by atoms with Crippen molar-refractivity contribution < 1.29 is 27.1 Å². The van der Waals surface area contributed by atoms with Crippen LogP contribution in [0.15, 0.2) is 58.5 Å². The van der Waals surface area contributed by atoms with Crippen LogP contribution in [-0.4, -0.2) is 61.3 Å². The summed E-state index contributed by atoms with van der Waals surface area (Å²) in [6.45, 7) is 19.8. The molecule has 1 aliphatic heterocycles. The molecular formula is C33H50O6SSi. The third-order valence-electron chi connectivity index (χ3n) is 8.96. The van der Waals surface area contributed by atoms with Gasteiger partial charge in [-0.1, -0.05) is 70.4 Å². The Balaban J connectivity index is 1.59. The van der Waals surface area contributed by atoms with Crippen molar-refractivity contribution in [2.75, 3.05) is 38.8 Å². The van der Waals surface area contributed by atoms with Gasteiger partial charge in [0.15, 0.2) is 23.9 Å². The van der Waals surface area contributed by atoms with E-state index in [2.05, 4.69) is 65.6 Å². The number of hydrogen-bond donors (Lipinski definition) is 0. The van der Waals surface area contributed by atoms with Gasteiger partial charge >= 0.3 is 0 Å². The fraction of sp³-hybridized carbons (Fsp3) is 0.636. The zero-order valence-corrected chi connectivity index (χ0v) is 28.2. The lowest BCUT2D eigenvalue weighted by atomic mass is 9.67. The van der Waals surface area contributed by atoms with Gasteiger partial charge in [-0.25, -0.2) is 8.42 Å². The van der Waals surface area contributed by atoms with Crippen LogP contribution in [-0.2, 0) is 28.5 Å². The van der Waals surface area contributed by atoms with Crippen molar-refractivity contribution in [2.24, 2.45) is 11.3 Å². The van der Waals surface area contributed by atoms with Crippen LogP contribution in [0, 0.1) is 23.2 Å². The van der Waals surface area contributed by atoms with Crippen molar-refractivity contribution in [3.63, 3.8) is 0 Å². The fourth-order valence-corrected chi connectivity index (χ4v) is 8.01. The Morgan fingerprint density at radius 2 is 1.80 bits per heavy atom. The van der Waals surface area contributed by atoms with Crippen LogP contribution in [0.5, 0.6) is 0 Å². The molecule has 3 rings (SSSR count). The molecule has 1 aromatic carbocycles. The first-order chi connectivity index (χ1) is 19.1. The topological polar surface area (TPSA) is 71.1 Å². The van der Waals surface area contributed by atoms with Gasteiger partial charge in [-0.15, -0.1) is 5.92 Å². The van der Waals surface area contributed by atoms with Crippen molar-refractivity contribution >= 4 is 18.2 Å². The van der Waals surface area contributed by atoms with E-state index in [-0.39, 0.29) is 29.9 Å². The molecule has 8 heteroatoms. The van der Waals surface area contributed by atoms with E-state index >= 15 is 0 Å². The number of benzene rings is 1. The molecule has 0 bridgehead atoms. The summed E-state index contributed by atoms with van der Waals surface area (Å²) in [5, 5.41) is 0.204. The second-order valence-electron chi connectivity index (χ2n) is 13.3. The van der Waals surface area contributed by atoms with Crippen LogP contribution < -0.4 is 0 Å². The molecule has 2 atom stereocenters. The third kappa shape index (κ3) is 8.88. The van der Waals surface area contributed by atoms with E-state index < -0.39 is 29.4 Å². The van der Waals surface area contributed by atoms with Gasteiger partial charge in [0.05, 0.1) is 37.1 Å². The summed E-state index contributed by atoms with van der Waals surface area (Å²) in [4.78, 5) is 0.337. The first kappa shape index (κ1) is 33.8. The molecule has 1 aliphatic carbocycles. The van der Waals surface area contributed by atoms with E-state index in [1.165, 1.54) is 5.57 Å². The smallest absolute Gasteiger partial charge is 0.192 e. The van der Waals surface area contributed by atoms with Crippen LogP contribution in [0.1, 0.15) is 60.8 Å². The molecule has 0 N–H and O–H groups in total. The van der Waals surface area contributed by atoms with E-state index in [1.54, 1.807) is 24.3 Å². The summed E-state index contributed by atoms with van der Waals surface area (Å²) in [5.74, 6) is 5.50. The lowest BCUT2D eigenvalue weighted by Gasteiger charge is -2.45. The predicted molar refractivity (Wildman–Crippen MR) is 168 cm³/mol. The minimum atomic E-state index is -3.51. The normalized spacial score (nSPS) is 23.3. The highest BCUT2D eigenvalue weighted by atomic mass is 32.2. The van der Waals surface area contributed by atoms with Gasteiger partial charge in [0, 0.05) is 18.3 Å². The van der Waals surface area contributed by atoms with Crippen molar-refractivity contribution in [1.82, 2.24) is 0 Å². The van der Waals surface area contributed by atoms with Crippen LogP contribution in [0.2, 0.25) is 18.1 Å². The Morgan fingerprint density at radius 3 is 2.44 bits per heavy atom. The maximum Gasteiger partial charge on any atom is 0.192 e. The van der Waals surface area contributed by atoms with Gasteiger partial charge in [0.2, 0.25) is 0 Å². The molecule has 1 saturated heterocycles. The first-order valence-corrected chi connectivity index (χ1v) is 19.3. The SMILES string of the molecule is C/C(=C\CCC#CCOCC1=CC2(C[C@@H](C)[C@]1(C)CS(=O)(=O)c1ccccc1)OCCO2)CO[Si](C)(C)C(C)(C)C. The Morgan fingerprint density at radius 1 is 1.15 bits per heavy atom. The maximum atomic E-state index is 13.4. The monoisotopic (exact) mass is 602 g/mol. The van der Waals surface area contributed by atoms with E-state index in [4.69, 9.17) is 18.6 Å². The summed E-state index contributed by atoms with van der Waals surface area (Å²) in [6, 6.07) is 8.65. The first-order valence-electron chi connectivity index (χ1n) is 14.7. The summed E-state index contributed by atoms with van der Waals surface area (Å²) in [6.07, 6.45) is 6.39. The predicted octanol–water partition coefficient (Wildman–Crippen LogP) is 6.94. The molecule has 0 saturated carbocycles. The van der Waals surface area contributed by atoms with E-state index in [9.17, 15) is 8.42 Å². The molecule has 1 heterocycles. The minimum Gasteiger partial charge on any atom is -0.413 e. The quantitative estimate of drug-likeness (QED) is 0.118. The average molecular weight is 603 g/mol. The Labute approximate surface area is 249 Å². The van der Waals surface area contributed by atoms with Crippen LogP contribution >= 0.6 is 0 Å². The Hall–Kier alpha value is -1.73. The second-order valence-corrected chi connectivity index (χ2v) is 20.1. The number of ether oxygens (including phenoxy) is 3. The molecular weight excluding hydrogens is 553 g/mol. The van der Waals surface area contributed by atoms with E-state index in [0.717, 1.165) is 18.4 Å². The van der Waals surface area contributed by atoms with Gasteiger partial charge in [-0.2, -0.15) is 0 Å². The van der Waals surface area contributed by atoms with Crippen molar-refractivity contribution in [3.05, 3.63) is 53.6 Å². The Kier molecular flexibility index (Phi) is 11.3. The van der Waals surface area contributed by atoms with Crippen LogP contribution in [0.4, 0.5) is 0 Å². The van der Waals surface area contributed by atoms with E-state index in [1.807, 2.05) is 19.1 Å². The number of hydrogen-bond acceptors (Lipinski definition) is 6. The molecule has 0 unspecified atom stereocenters. The molecule has 1 spiro atoms. The fourth-order valence-electron chi connectivity index (χ4n) is 4.99. The number of sulfone groups is 1. The van der Waals surface area contributed by atoms with E-state index in [0.29, 0.717) is 31.1 Å². The molecule has 228 valence electrons. The zero-order chi connectivity index (χ0) is 30.4. The molecule has 0 radical (unpaired) electrons. The largest absolute Gasteiger partial charge is 0.413 e. The summed E-state index contributed by atoms with van der Waals surface area (Å²) in [7, 11) is -5.26. The molecule has 1 aromatic rings. The van der Waals surface area contributed by atoms with Crippen molar-refractivity contribution in [3.8, 4) is 11.8 Å². The highest BCUT2D eigenvalue weighted by Crippen LogP contribution is 2.49. The zero-order valence-electron chi connectivity index (χ0n) is 26.3. The average Bonchev–Trinajstić information content (AvgIpc) is 3.34. The second kappa shape index (κ2) is 13.7. The van der Waals surface area contributed by atoms with Gasteiger partial charge in [-0.3, -0.25) is 0 Å². The maximum absolute atomic E-state index is 13.4. The summed E-state index contributed by atoms with van der Waals surface area (Å²) >= 11 is 0. The van der Waals surface area contributed by atoms with Gasteiger partial charge in [0.25, 0.3) is 0 Å². The number of allylic oxidation sites excluding steroid dienone is 1. The number of unbranched alkanes of at least 4 members (excludes halogenated alkanes) is 1. The van der Waals surface area contributed by atoms with Gasteiger partial charge in [0.1, 0.15) is 6.61 Å². The molecule has 41 heavy (non-hydrogen) atoms. The van der Waals surface area contributed by atoms with Crippen molar-refractivity contribution in [2.45, 2.75) is 89.6 Å². The van der Waals surface area contributed by atoms with Crippen LogP contribution in [0.3, 0.4) is 0 Å². The highest BCUT2D eigenvalue weighted by molar-refractivity contribution is 7.91. The summed E-state index contributed by atoms with van der Waals surface area (Å²) < 4.78 is 51.1. The molecule has 6 nitrogen and oxygen atoms in total. The van der Waals surface area contributed by atoms with Crippen LogP contribution in [0.25, 0.3) is 0 Å². The lowest BCUT2D eigenvalue weighted by Crippen LogP contribution is -2.47. The number of rotatable bonds is 11. The van der Waals surface area contributed by atoms with Gasteiger partial charge < -0.3 is 18.6 Å². The summed E-state index contributed by atoms with van der Waals surface area (Å²) in [5.41, 5.74) is 1.50. The lowest BCUT2D eigenvalue weighted by molar-refractivity contribution is -0.144. The van der Waals surface area contributed by atoms with Crippen molar-refractivity contribution in [1.29, 1.82) is 0 Å². The molecule has 0 aromatic heterocycles. The standard InChI is InChI=1S/C33H50O6SSi/c1-27(24-39-41(7,8)31(3,4)5)16-12-9-10-15-19-36-25-29-23-33(37-20-21-38-33)22-28(2)32(29,6)26-40(34,35)30-17-13-11-14-18-30/h11,13-14,16-18,23,28H,9,12,19-22,24-26H2,1-8H3/b27-16+/t28-,32+/m1/s1. The minimum absolute atomic E-state index is 0.00409. The molecule has 0 amide bonds. The molecule has 1 fully saturated rings. The Bertz CT molecular complexity index is 1240.